The van der Waals surface area contributed by atoms with Crippen molar-refractivity contribution < 1.29 is 14.3 Å². The molecule has 0 bridgehead atoms. The molecule has 2 fully saturated rings. The molecule has 0 atom stereocenters. The van der Waals surface area contributed by atoms with Crippen molar-refractivity contribution in [1.29, 1.82) is 0 Å². The number of hydrogen-bond donors (Lipinski definition) is 0. The number of para-hydroxylation sites is 1. The van der Waals surface area contributed by atoms with E-state index in [2.05, 4.69) is 30.0 Å². The number of nitrogens with zero attached hydrogens (tertiary/aromatic N) is 5. The van der Waals surface area contributed by atoms with Gasteiger partial charge in [0.15, 0.2) is 0 Å². The molecule has 1 aromatic carbocycles. The van der Waals surface area contributed by atoms with Crippen molar-refractivity contribution in [3.05, 3.63) is 41.2 Å². The Bertz CT molecular complexity index is 1030. The third-order valence-corrected chi connectivity index (χ3v) is 6.98. The second-order valence-electron chi connectivity index (χ2n) is 11.2. The van der Waals surface area contributed by atoms with Gasteiger partial charge in [-0.15, -0.1) is 0 Å². The van der Waals surface area contributed by atoms with Crippen molar-refractivity contribution in [3.63, 3.8) is 0 Å². The predicted octanol–water partition coefficient (Wildman–Crippen LogP) is 4.41. The molecular weight excluding hydrogens is 450 g/mol. The molecular formula is C25H35N5O3S. The maximum Gasteiger partial charge on any atom is 0.410 e. The maximum absolute atomic E-state index is 13.9. The van der Waals surface area contributed by atoms with Crippen LogP contribution in [-0.4, -0.2) is 62.1 Å². The van der Waals surface area contributed by atoms with E-state index < -0.39 is 11.1 Å². The van der Waals surface area contributed by atoms with Gasteiger partial charge in [-0.05, 0) is 57.3 Å². The van der Waals surface area contributed by atoms with Crippen LogP contribution in [0.4, 0.5) is 10.5 Å². The molecule has 2 aromatic rings. The van der Waals surface area contributed by atoms with Crippen molar-refractivity contribution in [3.8, 4) is 0 Å². The fourth-order valence-corrected chi connectivity index (χ4v) is 5.34. The molecule has 3 heterocycles. The molecule has 184 valence electrons. The molecule has 0 aliphatic carbocycles. The number of anilines is 1. The Labute approximate surface area is 206 Å². The summed E-state index contributed by atoms with van der Waals surface area (Å²) in [5, 5.41) is 0.842. The summed E-state index contributed by atoms with van der Waals surface area (Å²) in [7, 11) is 0. The molecule has 1 aromatic heterocycles. The fourth-order valence-electron chi connectivity index (χ4n) is 4.50. The zero-order valence-corrected chi connectivity index (χ0v) is 21.8. The van der Waals surface area contributed by atoms with Gasteiger partial charge in [-0.2, -0.15) is 4.37 Å². The standard InChI is InChI=1S/C25H35N5O3S/c1-23(2,3)20-26-19(34-27-20)16-29-17-30(18-10-8-7-9-11-18)25(21(29)31)12-14-28(15-13-25)22(32)33-24(4,5)6/h7-11H,12-17H2,1-6H3. The van der Waals surface area contributed by atoms with E-state index in [1.165, 1.54) is 11.5 Å². The van der Waals surface area contributed by atoms with Gasteiger partial charge in [0.1, 0.15) is 22.0 Å². The third-order valence-electron chi connectivity index (χ3n) is 6.29. The smallest absolute Gasteiger partial charge is 0.410 e. The summed E-state index contributed by atoms with van der Waals surface area (Å²) in [6, 6.07) is 10.0. The van der Waals surface area contributed by atoms with Crippen LogP contribution in [0.1, 0.15) is 65.2 Å². The lowest BCUT2D eigenvalue weighted by atomic mass is 9.85. The lowest BCUT2D eigenvalue weighted by Gasteiger charge is -2.43. The zero-order chi connectivity index (χ0) is 24.7. The highest BCUT2D eigenvalue weighted by molar-refractivity contribution is 7.05. The summed E-state index contributed by atoms with van der Waals surface area (Å²) in [5.41, 5.74) is -0.347. The molecule has 2 aliphatic rings. The summed E-state index contributed by atoms with van der Waals surface area (Å²) in [6.45, 7) is 13.7. The lowest BCUT2D eigenvalue weighted by Crippen LogP contribution is -2.57. The summed E-state index contributed by atoms with van der Waals surface area (Å²) in [6.07, 6.45) is 0.791. The van der Waals surface area contributed by atoms with Gasteiger partial charge in [0.2, 0.25) is 5.91 Å². The van der Waals surface area contributed by atoms with E-state index in [1.54, 1.807) is 4.90 Å². The monoisotopic (exact) mass is 485 g/mol. The van der Waals surface area contributed by atoms with Crippen LogP contribution in [0.2, 0.25) is 0 Å². The van der Waals surface area contributed by atoms with Gasteiger partial charge < -0.3 is 19.4 Å². The summed E-state index contributed by atoms with van der Waals surface area (Å²) >= 11 is 1.36. The van der Waals surface area contributed by atoms with E-state index in [0.717, 1.165) is 16.5 Å². The summed E-state index contributed by atoms with van der Waals surface area (Å²) < 4.78 is 10.1. The largest absolute Gasteiger partial charge is 0.444 e. The van der Waals surface area contributed by atoms with Gasteiger partial charge in [-0.1, -0.05) is 39.0 Å². The topological polar surface area (TPSA) is 78.9 Å². The zero-order valence-electron chi connectivity index (χ0n) is 21.0. The number of amides is 2. The van der Waals surface area contributed by atoms with Crippen LogP contribution >= 0.6 is 11.5 Å². The molecule has 2 amide bonds. The second-order valence-corrected chi connectivity index (χ2v) is 12.0. The molecule has 0 saturated carbocycles. The number of benzene rings is 1. The first-order valence-electron chi connectivity index (χ1n) is 11.8. The van der Waals surface area contributed by atoms with Crippen LogP contribution in [-0.2, 0) is 21.5 Å². The Morgan fingerprint density at radius 3 is 2.29 bits per heavy atom. The number of carbonyl (C=O) groups is 2. The molecule has 1 spiro atoms. The number of likely N-dealkylation sites (tertiary alicyclic amines) is 1. The van der Waals surface area contributed by atoms with E-state index in [1.807, 2.05) is 56.0 Å². The Balaban J connectivity index is 1.56. The summed E-state index contributed by atoms with van der Waals surface area (Å²) in [4.78, 5) is 37.0. The van der Waals surface area contributed by atoms with Crippen molar-refractivity contribution in [2.24, 2.45) is 0 Å². The van der Waals surface area contributed by atoms with Crippen molar-refractivity contribution in [1.82, 2.24) is 19.2 Å². The normalized spacial score (nSPS) is 18.6. The number of ether oxygens (including phenoxy) is 1. The molecule has 2 aliphatic heterocycles. The van der Waals surface area contributed by atoms with Crippen LogP contribution in [0, 0.1) is 0 Å². The molecule has 8 nitrogen and oxygen atoms in total. The first kappa shape index (κ1) is 24.4. The third kappa shape index (κ3) is 4.89. The second kappa shape index (κ2) is 8.83. The number of hydrogen-bond acceptors (Lipinski definition) is 7. The van der Waals surface area contributed by atoms with E-state index >= 15 is 0 Å². The molecule has 0 N–H and O–H groups in total. The van der Waals surface area contributed by atoms with Gasteiger partial charge >= 0.3 is 6.09 Å². The minimum Gasteiger partial charge on any atom is -0.444 e. The minimum absolute atomic E-state index is 0.0905. The Kier molecular flexibility index (Phi) is 6.35. The number of carbonyl (C=O) groups excluding carboxylic acids is 2. The first-order chi connectivity index (χ1) is 15.9. The predicted molar refractivity (Wildman–Crippen MR) is 133 cm³/mol. The summed E-state index contributed by atoms with van der Waals surface area (Å²) in [5.74, 6) is 0.896. The van der Waals surface area contributed by atoms with Crippen LogP contribution in [0.5, 0.6) is 0 Å². The average molecular weight is 486 g/mol. The van der Waals surface area contributed by atoms with Gasteiger partial charge in [0.05, 0.1) is 13.2 Å². The van der Waals surface area contributed by atoms with Gasteiger partial charge in [-0.25, -0.2) is 9.78 Å². The Morgan fingerprint density at radius 1 is 1.09 bits per heavy atom. The Hall–Kier alpha value is -2.68. The first-order valence-corrected chi connectivity index (χ1v) is 12.6. The molecule has 0 radical (unpaired) electrons. The van der Waals surface area contributed by atoms with E-state index in [-0.39, 0.29) is 17.4 Å². The molecule has 34 heavy (non-hydrogen) atoms. The molecule has 2 saturated heterocycles. The van der Waals surface area contributed by atoms with Gasteiger partial charge in [-0.3, -0.25) is 4.79 Å². The number of piperidine rings is 1. The molecule has 9 heteroatoms. The van der Waals surface area contributed by atoms with E-state index in [4.69, 9.17) is 9.72 Å². The number of aromatic nitrogens is 2. The highest BCUT2D eigenvalue weighted by atomic mass is 32.1. The number of rotatable bonds is 3. The average Bonchev–Trinajstić information content (AvgIpc) is 3.33. The van der Waals surface area contributed by atoms with Crippen molar-refractivity contribution >= 4 is 29.2 Å². The molecule has 0 unspecified atom stereocenters. The highest BCUT2D eigenvalue weighted by Crippen LogP contribution is 2.40. The van der Waals surface area contributed by atoms with Crippen molar-refractivity contribution in [2.45, 2.75) is 77.5 Å². The van der Waals surface area contributed by atoms with Crippen LogP contribution in [0.3, 0.4) is 0 Å². The fraction of sp³-hybridized carbons (Fsp3) is 0.600. The maximum atomic E-state index is 13.9. The minimum atomic E-state index is -0.683. The van der Waals surface area contributed by atoms with Gasteiger partial charge in [0.25, 0.3) is 0 Å². The van der Waals surface area contributed by atoms with Crippen LogP contribution in [0.25, 0.3) is 0 Å². The van der Waals surface area contributed by atoms with E-state index in [9.17, 15) is 9.59 Å². The SMILES string of the molecule is CC(C)(C)OC(=O)N1CCC2(CC1)C(=O)N(Cc1nc(C(C)(C)C)ns1)CN2c1ccccc1. The Morgan fingerprint density at radius 2 is 1.74 bits per heavy atom. The van der Waals surface area contributed by atoms with Crippen LogP contribution < -0.4 is 4.90 Å². The van der Waals surface area contributed by atoms with Crippen molar-refractivity contribution in [2.75, 3.05) is 24.7 Å². The quantitative estimate of drug-likeness (QED) is 0.641. The molecule has 4 rings (SSSR count). The highest BCUT2D eigenvalue weighted by Gasteiger charge is 2.54. The van der Waals surface area contributed by atoms with E-state index in [0.29, 0.717) is 39.1 Å². The van der Waals surface area contributed by atoms with Crippen LogP contribution in [0.15, 0.2) is 30.3 Å². The van der Waals surface area contributed by atoms with Gasteiger partial charge in [0, 0.05) is 24.2 Å². The lowest BCUT2D eigenvalue weighted by molar-refractivity contribution is -0.134.